The lowest BCUT2D eigenvalue weighted by molar-refractivity contribution is -0.122. The van der Waals surface area contributed by atoms with E-state index >= 15 is 0 Å². The maximum Gasteiger partial charge on any atom is 0.267 e. The third kappa shape index (κ3) is 6.70. The molecular weight excluding hydrogens is 314 g/mol. The Labute approximate surface area is 150 Å². The van der Waals surface area contributed by atoms with E-state index in [1.54, 1.807) is 6.08 Å². The van der Waals surface area contributed by atoms with E-state index in [2.05, 4.69) is 22.5 Å². The van der Waals surface area contributed by atoms with Crippen molar-refractivity contribution in [2.75, 3.05) is 19.6 Å². The summed E-state index contributed by atoms with van der Waals surface area (Å²) < 4.78 is 0. The van der Waals surface area contributed by atoms with Crippen LogP contribution in [-0.4, -0.2) is 42.4 Å². The summed E-state index contributed by atoms with van der Waals surface area (Å²) in [6.45, 7) is 6.44. The average Bonchev–Trinajstić information content (AvgIpc) is 2.60. The molecule has 1 aliphatic heterocycles. The van der Waals surface area contributed by atoms with Crippen LogP contribution in [0.5, 0.6) is 0 Å². The fourth-order valence-electron chi connectivity index (χ4n) is 3.13. The minimum Gasteiger partial charge on any atom is -0.351 e. The molecule has 0 unspecified atom stereocenters. The van der Waals surface area contributed by atoms with Gasteiger partial charge in [-0.1, -0.05) is 36.8 Å². The zero-order valence-corrected chi connectivity index (χ0v) is 15.3. The summed E-state index contributed by atoms with van der Waals surface area (Å²) in [6, 6.07) is 10.1. The highest BCUT2D eigenvalue weighted by atomic mass is 16.2. The van der Waals surface area contributed by atoms with E-state index in [-0.39, 0.29) is 17.5 Å². The normalized spacial score (nSPS) is 18.6. The van der Waals surface area contributed by atoms with E-state index in [0.717, 1.165) is 25.1 Å². The number of rotatable bonds is 7. The number of benzene rings is 1. The summed E-state index contributed by atoms with van der Waals surface area (Å²) in [6.07, 6.45) is 6.46. The highest BCUT2D eigenvalue weighted by Gasteiger charge is 2.17. The summed E-state index contributed by atoms with van der Waals surface area (Å²) in [5.41, 5.74) is 1.16. The van der Waals surface area contributed by atoms with Crippen LogP contribution in [0.15, 0.2) is 36.0 Å². The van der Waals surface area contributed by atoms with E-state index < -0.39 is 0 Å². The van der Waals surface area contributed by atoms with Crippen LogP contribution in [0.4, 0.5) is 0 Å². The summed E-state index contributed by atoms with van der Waals surface area (Å²) in [5.74, 6) is -0.495. The predicted octanol–water partition coefficient (Wildman–Crippen LogP) is 2.54. The molecule has 136 valence electrons. The molecule has 1 heterocycles. The first-order valence-electron chi connectivity index (χ1n) is 9.13. The largest absolute Gasteiger partial charge is 0.351 e. The lowest BCUT2D eigenvalue weighted by Gasteiger charge is -2.33. The van der Waals surface area contributed by atoms with Crippen molar-refractivity contribution in [3.8, 4) is 0 Å². The monoisotopic (exact) mass is 343 g/mol. The van der Waals surface area contributed by atoms with E-state index in [1.807, 2.05) is 30.3 Å². The van der Waals surface area contributed by atoms with Gasteiger partial charge in [0, 0.05) is 26.1 Å². The van der Waals surface area contributed by atoms with Gasteiger partial charge in [-0.3, -0.25) is 9.59 Å². The zero-order chi connectivity index (χ0) is 18.1. The first-order valence-corrected chi connectivity index (χ1v) is 9.13. The van der Waals surface area contributed by atoms with Crippen molar-refractivity contribution in [1.82, 2.24) is 15.5 Å². The van der Waals surface area contributed by atoms with Crippen LogP contribution < -0.4 is 10.6 Å². The second-order valence-electron chi connectivity index (χ2n) is 6.64. The lowest BCUT2D eigenvalue weighted by Crippen LogP contribution is -2.40. The molecule has 1 fully saturated rings. The summed E-state index contributed by atoms with van der Waals surface area (Å²) >= 11 is 0. The van der Waals surface area contributed by atoms with Gasteiger partial charge in [-0.05, 0) is 44.4 Å². The van der Waals surface area contributed by atoms with Gasteiger partial charge in [0.2, 0.25) is 5.91 Å². The smallest absolute Gasteiger partial charge is 0.267 e. The van der Waals surface area contributed by atoms with Gasteiger partial charge < -0.3 is 15.5 Å². The molecule has 1 aromatic rings. The average molecular weight is 343 g/mol. The highest BCUT2D eigenvalue weighted by molar-refractivity contribution is 6.00. The number of amides is 2. The van der Waals surface area contributed by atoms with Crippen molar-refractivity contribution in [3.63, 3.8) is 0 Å². The molecule has 1 aromatic carbocycles. The molecule has 2 rings (SSSR count). The molecule has 0 radical (unpaired) electrons. The van der Waals surface area contributed by atoms with Crippen molar-refractivity contribution in [3.05, 3.63) is 41.6 Å². The van der Waals surface area contributed by atoms with Crippen LogP contribution in [-0.2, 0) is 9.59 Å². The fourth-order valence-corrected chi connectivity index (χ4v) is 3.13. The number of carbonyl (C=O) groups excluding carboxylic acids is 2. The number of hydrogen-bond acceptors (Lipinski definition) is 3. The quantitative estimate of drug-likeness (QED) is 0.591. The second kappa shape index (κ2) is 9.99. The molecule has 0 aliphatic carbocycles. The first kappa shape index (κ1) is 19.2. The third-order valence-electron chi connectivity index (χ3n) is 4.51. The van der Waals surface area contributed by atoms with Gasteiger partial charge >= 0.3 is 0 Å². The molecule has 1 aliphatic rings. The van der Waals surface area contributed by atoms with Crippen LogP contribution in [0.3, 0.4) is 0 Å². The fraction of sp³-hybridized carbons (Fsp3) is 0.500. The van der Waals surface area contributed by atoms with Gasteiger partial charge in [-0.25, -0.2) is 0 Å². The standard InChI is InChI=1S/C20H29N3O2/c1-16-9-6-7-13-23(16)14-8-12-21-20(25)19(22-17(2)24)15-18-10-4-3-5-11-18/h3-5,10-11,15-16H,6-9,12-14H2,1-2H3,(H,21,25)(H,22,24)/b19-15-/t16-/m1/s1. The van der Waals surface area contributed by atoms with Crippen LogP contribution in [0.25, 0.3) is 6.08 Å². The zero-order valence-electron chi connectivity index (χ0n) is 15.3. The molecule has 0 saturated carbocycles. The van der Waals surface area contributed by atoms with Crippen LogP contribution in [0.1, 0.15) is 45.1 Å². The summed E-state index contributed by atoms with van der Waals surface area (Å²) in [5, 5.41) is 5.54. The van der Waals surface area contributed by atoms with Gasteiger partial charge in [-0.2, -0.15) is 0 Å². The maximum absolute atomic E-state index is 12.4. The van der Waals surface area contributed by atoms with E-state index in [4.69, 9.17) is 0 Å². The van der Waals surface area contributed by atoms with Crippen LogP contribution >= 0.6 is 0 Å². The number of likely N-dealkylation sites (tertiary alicyclic amines) is 1. The molecule has 25 heavy (non-hydrogen) atoms. The SMILES string of the molecule is CC(=O)N/C(=C\c1ccccc1)C(=O)NCCCN1CCCC[C@H]1C. The minimum atomic E-state index is -0.250. The highest BCUT2D eigenvalue weighted by Crippen LogP contribution is 2.16. The molecule has 0 bridgehead atoms. The molecule has 5 heteroatoms. The molecule has 5 nitrogen and oxygen atoms in total. The van der Waals surface area contributed by atoms with Gasteiger partial charge in [0.25, 0.3) is 5.91 Å². The Morgan fingerprint density at radius 1 is 1.24 bits per heavy atom. The van der Waals surface area contributed by atoms with Gasteiger partial charge in [0.15, 0.2) is 0 Å². The topological polar surface area (TPSA) is 61.4 Å². The Morgan fingerprint density at radius 2 is 2.00 bits per heavy atom. The molecular formula is C20H29N3O2. The Kier molecular flexibility index (Phi) is 7.67. The number of carbonyl (C=O) groups is 2. The van der Waals surface area contributed by atoms with E-state index in [9.17, 15) is 9.59 Å². The number of piperidine rings is 1. The predicted molar refractivity (Wildman–Crippen MR) is 101 cm³/mol. The van der Waals surface area contributed by atoms with Crippen LogP contribution in [0, 0.1) is 0 Å². The Bertz CT molecular complexity index is 598. The molecule has 1 atom stereocenters. The number of nitrogens with one attached hydrogen (secondary N) is 2. The Balaban J connectivity index is 1.85. The van der Waals surface area contributed by atoms with E-state index in [1.165, 1.54) is 26.2 Å². The Hall–Kier alpha value is -2.14. The van der Waals surface area contributed by atoms with Crippen molar-refractivity contribution >= 4 is 17.9 Å². The Morgan fingerprint density at radius 3 is 2.68 bits per heavy atom. The molecule has 0 spiro atoms. The van der Waals surface area contributed by atoms with Crippen molar-refractivity contribution < 1.29 is 9.59 Å². The van der Waals surface area contributed by atoms with E-state index in [0.29, 0.717) is 12.6 Å². The first-order chi connectivity index (χ1) is 12.1. The molecule has 2 N–H and O–H groups in total. The lowest BCUT2D eigenvalue weighted by atomic mass is 10.0. The maximum atomic E-state index is 12.4. The molecule has 0 aromatic heterocycles. The number of nitrogens with zero attached hydrogens (tertiary/aromatic N) is 1. The van der Waals surface area contributed by atoms with Crippen molar-refractivity contribution in [2.45, 2.75) is 45.6 Å². The van der Waals surface area contributed by atoms with Gasteiger partial charge in [-0.15, -0.1) is 0 Å². The van der Waals surface area contributed by atoms with Gasteiger partial charge in [0.05, 0.1) is 0 Å². The summed E-state index contributed by atoms with van der Waals surface area (Å²) in [4.78, 5) is 26.3. The van der Waals surface area contributed by atoms with Gasteiger partial charge in [0.1, 0.15) is 5.70 Å². The number of hydrogen-bond donors (Lipinski definition) is 2. The second-order valence-corrected chi connectivity index (χ2v) is 6.64. The third-order valence-corrected chi connectivity index (χ3v) is 4.51. The minimum absolute atomic E-state index is 0.245. The van der Waals surface area contributed by atoms with Crippen molar-refractivity contribution in [1.29, 1.82) is 0 Å². The van der Waals surface area contributed by atoms with Crippen molar-refractivity contribution in [2.24, 2.45) is 0 Å². The molecule has 1 saturated heterocycles. The van der Waals surface area contributed by atoms with Crippen LogP contribution in [0.2, 0.25) is 0 Å². The summed E-state index contributed by atoms with van der Waals surface area (Å²) in [7, 11) is 0. The molecule has 2 amide bonds.